The van der Waals surface area contributed by atoms with Crippen LogP contribution in [0.15, 0.2) is 18.3 Å². The van der Waals surface area contributed by atoms with Crippen molar-refractivity contribution in [2.45, 2.75) is 20.3 Å². The monoisotopic (exact) mass is 246 g/mol. The predicted molar refractivity (Wildman–Crippen MR) is 70.0 cm³/mol. The number of amides is 1. The van der Waals surface area contributed by atoms with Crippen molar-refractivity contribution >= 4 is 5.91 Å². The molecule has 96 valence electrons. The van der Waals surface area contributed by atoms with Crippen LogP contribution in [0.2, 0.25) is 0 Å². The van der Waals surface area contributed by atoms with Crippen LogP contribution in [0.3, 0.4) is 0 Å². The molecule has 0 atom stereocenters. The highest BCUT2D eigenvalue weighted by Gasteiger charge is 2.06. The molecule has 0 aliphatic heterocycles. The van der Waals surface area contributed by atoms with Gasteiger partial charge >= 0.3 is 0 Å². The number of nitrogens with zero attached hydrogens (tertiary/aromatic N) is 1. The lowest BCUT2D eigenvalue weighted by molar-refractivity contribution is 0.0944. The number of carbonyl (C=O) groups excluding carboxylic acids is 1. The minimum Gasteiger partial charge on any atom is -0.395 e. The van der Waals surface area contributed by atoms with E-state index in [4.69, 9.17) is 5.11 Å². The highest BCUT2D eigenvalue weighted by atomic mass is 16.2. The van der Waals surface area contributed by atoms with Gasteiger partial charge in [-0.2, -0.15) is 0 Å². The van der Waals surface area contributed by atoms with E-state index in [1.807, 2.05) is 13.8 Å². The summed E-state index contributed by atoms with van der Waals surface area (Å²) in [7, 11) is 0. The fraction of sp³-hybridized carbons (Fsp3) is 0.429. The van der Waals surface area contributed by atoms with Gasteiger partial charge in [-0.15, -0.1) is 0 Å². The van der Waals surface area contributed by atoms with Gasteiger partial charge in [0.05, 0.1) is 6.61 Å². The van der Waals surface area contributed by atoms with Crippen LogP contribution in [0, 0.1) is 17.8 Å². The number of aromatic nitrogens is 1. The molecule has 0 aliphatic rings. The Kier molecular flexibility index (Phi) is 5.89. The molecule has 0 spiro atoms. The summed E-state index contributed by atoms with van der Waals surface area (Å²) in [6.45, 7) is 4.76. The number of carbonyl (C=O) groups is 1. The van der Waals surface area contributed by atoms with Crippen molar-refractivity contribution in [2.75, 3.05) is 13.2 Å². The molecule has 1 amide bonds. The van der Waals surface area contributed by atoms with Gasteiger partial charge in [-0.25, -0.2) is 4.98 Å². The molecule has 0 fully saturated rings. The third-order valence-corrected chi connectivity index (χ3v) is 2.14. The molecule has 0 saturated carbocycles. The van der Waals surface area contributed by atoms with Gasteiger partial charge in [0.1, 0.15) is 5.69 Å². The number of hydrogen-bond donors (Lipinski definition) is 2. The van der Waals surface area contributed by atoms with Crippen molar-refractivity contribution in [1.82, 2.24) is 10.3 Å². The summed E-state index contributed by atoms with van der Waals surface area (Å²) < 4.78 is 0. The van der Waals surface area contributed by atoms with Crippen LogP contribution in [-0.4, -0.2) is 29.1 Å². The van der Waals surface area contributed by atoms with Gasteiger partial charge < -0.3 is 10.4 Å². The van der Waals surface area contributed by atoms with Gasteiger partial charge in [-0.1, -0.05) is 25.7 Å². The first kappa shape index (κ1) is 14.2. The second kappa shape index (κ2) is 7.46. The first-order valence-electron chi connectivity index (χ1n) is 5.97. The van der Waals surface area contributed by atoms with Crippen LogP contribution in [0.1, 0.15) is 36.3 Å². The molecule has 1 rings (SSSR count). The summed E-state index contributed by atoms with van der Waals surface area (Å²) in [6, 6.07) is 3.40. The first-order valence-corrected chi connectivity index (χ1v) is 5.97. The summed E-state index contributed by atoms with van der Waals surface area (Å²) >= 11 is 0. The molecule has 1 heterocycles. The normalized spacial score (nSPS) is 9.78. The van der Waals surface area contributed by atoms with Crippen molar-refractivity contribution in [3.05, 3.63) is 29.6 Å². The van der Waals surface area contributed by atoms with Crippen LogP contribution in [0.25, 0.3) is 0 Å². The maximum Gasteiger partial charge on any atom is 0.269 e. The minimum atomic E-state index is -0.168. The zero-order chi connectivity index (χ0) is 13.4. The fourth-order valence-corrected chi connectivity index (χ4v) is 1.21. The summed E-state index contributed by atoms with van der Waals surface area (Å²) in [6.07, 6.45) is 2.01. The van der Waals surface area contributed by atoms with E-state index in [0.717, 1.165) is 5.56 Å². The predicted octanol–water partition coefficient (Wildman–Crippen LogP) is 1.20. The van der Waals surface area contributed by atoms with E-state index in [0.29, 0.717) is 24.6 Å². The molecule has 0 unspecified atom stereocenters. The van der Waals surface area contributed by atoms with Gasteiger partial charge in [-0.05, 0) is 18.1 Å². The van der Waals surface area contributed by atoms with E-state index in [1.54, 1.807) is 18.3 Å². The van der Waals surface area contributed by atoms with E-state index >= 15 is 0 Å². The molecule has 0 aliphatic carbocycles. The largest absolute Gasteiger partial charge is 0.395 e. The summed E-state index contributed by atoms with van der Waals surface area (Å²) in [5.74, 6) is 5.90. The highest BCUT2D eigenvalue weighted by molar-refractivity contribution is 5.92. The van der Waals surface area contributed by atoms with Crippen LogP contribution in [0.4, 0.5) is 0 Å². The molecule has 4 heteroatoms. The van der Waals surface area contributed by atoms with Crippen molar-refractivity contribution in [1.29, 1.82) is 0 Å². The SMILES string of the molecule is CC(C)CNC(=O)c1ccc(C#CCCO)cn1. The summed E-state index contributed by atoms with van der Waals surface area (Å²) in [4.78, 5) is 15.7. The molecule has 0 saturated heterocycles. The Labute approximate surface area is 107 Å². The zero-order valence-electron chi connectivity index (χ0n) is 10.7. The van der Waals surface area contributed by atoms with Crippen LogP contribution < -0.4 is 5.32 Å². The Hall–Kier alpha value is -1.86. The molecule has 1 aromatic heterocycles. The third-order valence-electron chi connectivity index (χ3n) is 2.14. The lowest BCUT2D eigenvalue weighted by Crippen LogP contribution is -2.27. The van der Waals surface area contributed by atoms with Gasteiger partial charge in [0, 0.05) is 24.7 Å². The van der Waals surface area contributed by atoms with E-state index in [9.17, 15) is 4.79 Å². The topological polar surface area (TPSA) is 62.2 Å². The average molecular weight is 246 g/mol. The minimum absolute atomic E-state index is 0.0517. The number of nitrogens with one attached hydrogen (secondary N) is 1. The Morgan fingerprint density at radius 2 is 2.28 bits per heavy atom. The van der Waals surface area contributed by atoms with Crippen molar-refractivity contribution in [3.63, 3.8) is 0 Å². The van der Waals surface area contributed by atoms with Gasteiger partial charge in [0.2, 0.25) is 0 Å². The second-order valence-corrected chi connectivity index (χ2v) is 4.31. The molecule has 0 bridgehead atoms. The van der Waals surface area contributed by atoms with Crippen molar-refractivity contribution in [3.8, 4) is 11.8 Å². The standard InChI is InChI=1S/C14H18N2O2/c1-11(2)9-16-14(18)13-7-6-12(10-15-13)5-3-4-8-17/h6-7,10-11,17H,4,8-9H2,1-2H3,(H,16,18). The Morgan fingerprint density at radius 1 is 1.50 bits per heavy atom. The van der Waals surface area contributed by atoms with E-state index < -0.39 is 0 Å². The fourth-order valence-electron chi connectivity index (χ4n) is 1.21. The van der Waals surface area contributed by atoms with E-state index in [-0.39, 0.29) is 12.5 Å². The van der Waals surface area contributed by atoms with Crippen molar-refractivity contribution in [2.24, 2.45) is 5.92 Å². The smallest absolute Gasteiger partial charge is 0.269 e. The summed E-state index contributed by atoms with van der Waals surface area (Å²) in [5, 5.41) is 11.4. The van der Waals surface area contributed by atoms with Crippen molar-refractivity contribution < 1.29 is 9.90 Å². The molecular formula is C14H18N2O2. The molecule has 4 nitrogen and oxygen atoms in total. The molecule has 18 heavy (non-hydrogen) atoms. The third kappa shape index (κ3) is 4.98. The average Bonchev–Trinajstić information content (AvgIpc) is 2.37. The molecule has 0 aromatic carbocycles. The maximum atomic E-state index is 11.7. The molecule has 0 radical (unpaired) electrons. The second-order valence-electron chi connectivity index (χ2n) is 4.31. The number of aliphatic hydroxyl groups excluding tert-OH is 1. The molecular weight excluding hydrogens is 228 g/mol. The molecule has 1 aromatic rings. The highest BCUT2D eigenvalue weighted by Crippen LogP contribution is 1.99. The summed E-state index contributed by atoms with van der Waals surface area (Å²) in [5.41, 5.74) is 1.13. The molecule has 2 N–H and O–H groups in total. The van der Waals surface area contributed by atoms with Crippen LogP contribution in [0.5, 0.6) is 0 Å². The van der Waals surface area contributed by atoms with Gasteiger partial charge in [0.25, 0.3) is 5.91 Å². The van der Waals surface area contributed by atoms with E-state index in [2.05, 4.69) is 22.1 Å². The number of hydrogen-bond acceptors (Lipinski definition) is 3. The number of pyridine rings is 1. The first-order chi connectivity index (χ1) is 8.63. The lowest BCUT2D eigenvalue weighted by Gasteiger charge is -2.06. The lowest BCUT2D eigenvalue weighted by atomic mass is 10.2. The van der Waals surface area contributed by atoms with Gasteiger partial charge in [0.15, 0.2) is 0 Å². The quantitative estimate of drug-likeness (QED) is 0.785. The Bertz CT molecular complexity index is 441. The number of rotatable bonds is 4. The van der Waals surface area contributed by atoms with Crippen LogP contribution >= 0.6 is 0 Å². The zero-order valence-corrected chi connectivity index (χ0v) is 10.7. The Balaban J connectivity index is 2.60. The Morgan fingerprint density at radius 3 is 2.83 bits per heavy atom. The van der Waals surface area contributed by atoms with Gasteiger partial charge in [-0.3, -0.25) is 4.79 Å². The van der Waals surface area contributed by atoms with E-state index in [1.165, 1.54) is 0 Å². The maximum absolute atomic E-state index is 11.7. The number of aliphatic hydroxyl groups is 1. The van der Waals surface area contributed by atoms with Crippen LogP contribution in [-0.2, 0) is 0 Å².